The van der Waals surface area contributed by atoms with Gasteiger partial charge in [0.05, 0.1) is 0 Å². The molecule has 4 rings (SSSR count). The first-order chi connectivity index (χ1) is 10.8. The molecule has 4 aromatic carbocycles. The number of rotatable bonds is 1. The Labute approximate surface area is 163 Å². The Kier molecular flexibility index (Phi) is 5.66. The Morgan fingerprint density at radius 2 is 0.875 bits per heavy atom. The molecule has 0 aliphatic rings. The van der Waals surface area contributed by atoms with Gasteiger partial charge in [0.1, 0.15) is 11.5 Å². The molecule has 0 spiro atoms. The molecule has 0 atom stereocenters. The molecule has 24 heavy (non-hydrogen) atoms. The van der Waals surface area contributed by atoms with E-state index in [1.54, 1.807) is 12.1 Å². The van der Waals surface area contributed by atoms with Crippen molar-refractivity contribution in [2.45, 2.75) is 0 Å². The minimum Gasteiger partial charge on any atom is -0.507 e. The van der Waals surface area contributed by atoms with Gasteiger partial charge in [-0.25, -0.2) is 0 Å². The van der Waals surface area contributed by atoms with Crippen LogP contribution in [0, 0.1) is 0 Å². The molecule has 0 aliphatic heterocycles. The van der Waals surface area contributed by atoms with E-state index in [4.69, 9.17) is 0 Å². The van der Waals surface area contributed by atoms with Crippen LogP contribution in [0.2, 0.25) is 0 Å². The van der Waals surface area contributed by atoms with Crippen molar-refractivity contribution >= 4 is 57.8 Å². The number of aromatic hydroxyl groups is 2. The van der Waals surface area contributed by atoms with Crippen molar-refractivity contribution in [3.8, 4) is 22.6 Å². The van der Waals surface area contributed by atoms with E-state index in [0.717, 1.165) is 21.5 Å². The van der Waals surface area contributed by atoms with Crippen LogP contribution in [0.15, 0.2) is 72.8 Å². The Balaban J connectivity index is 0.00000104. The average molecular weight is 320 g/mol. The third-order valence-corrected chi connectivity index (χ3v) is 4.06. The Hall–Kier alpha value is -1.87. The van der Waals surface area contributed by atoms with Crippen molar-refractivity contribution in [2.24, 2.45) is 0 Å². The van der Waals surface area contributed by atoms with E-state index in [0.29, 0.717) is 11.1 Å². The molecule has 0 heterocycles. The van der Waals surface area contributed by atoms with Crippen LogP contribution in [0.4, 0.5) is 0 Å². The molecule has 2 N–H and O–H groups in total. The smallest absolute Gasteiger partial charge is 0.124 e. The largest absolute Gasteiger partial charge is 0.507 e. The molecule has 4 heteroatoms. The van der Waals surface area contributed by atoms with Gasteiger partial charge in [-0.1, -0.05) is 60.7 Å². The van der Waals surface area contributed by atoms with E-state index in [9.17, 15) is 10.2 Å². The molecule has 0 saturated carbocycles. The van der Waals surface area contributed by atoms with Crippen LogP contribution in [0.5, 0.6) is 11.5 Å². The maximum atomic E-state index is 10.4. The van der Waals surface area contributed by atoms with Gasteiger partial charge >= 0.3 is 0 Å². The van der Waals surface area contributed by atoms with E-state index in [2.05, 4.69) is 0 Å². The summed E-state index contributed by atoms with van der Waals surface area (Å²) in [5.74, 6) is 0.343. The van der Waals surface area contributed by atoms with Crippen LogP contribution in [-0.2, 0) is 0 Å². The standard InChI is InChI=1S/C20H14O2.Al.Li/c21-17-11-9-13-5-1-3-7-15(13)19(17)20-16-8-4-2-6-14(16)10-12-18(20)22;;/h1-12,21-22H;;. The summed E-state index contributed by atoms with van der Waals surface area (Å²) in [6, 6.07) is 22.9. The van der Waals surface area contributed by atoms with Crippen LogP contribution in [0.1, 0.15) is 0 Å². The number of phenolic OH excluding ortho intramolecular Hbond substituents is 2. The van der Waals surface area contributed by atoms with Crippen LogP contribution >= 0.6 is 0 Å². The SMILES string of the molecule is Oc1ccc2ccccc2c1-c1c(O)ccc2ccccc12.[Al].[Li]. The quantitative estimate of drug-likeness (QED) is 0.513. The molecule has 0 saturated heterocycles. The normalized spacial score (nSPS) is 10.2. The molecule has 0 fully saturated rings. The fraction of sp³-hybridized carbons (Fsp3) is 0. The van der Waals surface area contributed by atoms with Crippen LogP contribution in [-0.4, -0.2) is 46.4 Å². The Morgan fingerprint density at radius 1 is 0.500 bits per heavy atom. The van der Waals surface area contributed by atoms with E-state index in [1.165, 1.54) is 0 Å². The van der Waals surface area contributed by atoms with E-state index >= 15 is 0 Å². The van der Waals surface area contributed by atoms with Crippen molar-refractivity contribution < 1.29 is 10.2 Å². The van der Waals surface area contributed by atoms with Gasteiger partial charge in [0, 0.05) is 47.3 Å². The van der Waals surface area contributed by atoms with Gasteiger partial charge in [0.15, 0.2) is 0 Å². The fourth-order valence-electron chi connectivity index (χ4n) is 3.05. The number of hydrogen-bond acceptors (Lipinski definition) is 2. The number of benzene rings is 4. The van der Waals surface area contributed by atoms with Crippen molar-refractivity contribution in [3.05, 3.63) is 72.8 Å². The molecule has 0 bridgehead atoms. The van der Waals surface area contributed by atoms with Gasteiger partial charge in [0.25, 0.3) is 0 Å². The average Bonchev–Trinajstić information content (AvgIpc) is 2.56. The first-order valence-corrected chi connectivity index (χ1v) is 7.17. The molecule has 2 nitrogen and oxygen atoms in total. The molecule has 0 aromatic heterocycles. The predicted molar refractivity (Wildman–Crippen MR) is 102 cm³/mol. The number of phenols is 2. The van der Waals surface area contributed by atoms with Gasteiger partial charge in [0.2, 0.25) is 0 Å². The molecular weight excluding hydrogens is 306 g/mol. The van der Waals surface area contributed by atoms with Crippen molar-refractivity contribution in [3.63, 3.8) is 0 Å². The van der Waals surface area contributed by atoms with Gasteiger partial charge in [-0.2, -0.15) is 0 Å². The summed E-state index contributed by atoms with van der Waals surface area (Å²) in [5.41, 5.74) is 1.35. The summed E-state index contributed by atoms with van der Waals surface area (Å²) >= 11 is 0. The second kappa shape index (κ2) is 7.35. The molecule has 0 aliphatic carbocycles. The molecule has 0 unspecified atom stereocenters. The minimum absolute atomic E-state index is 0. The predicted octanol–water partition coefficient (Wildman–Crippen LogP) is 4.31. The summed E-state index contributed by atoms with van der Waals surface area (Å²) < 4.78 is 0. The maximum absolute atomic E-state index is 10.4. The van der Waals surface area contributed by atoms with Crippen molar-refractivity contribution in [1.29, 1.82) is 0 Å². The summed E-state index contributed by atoms with van der Waals surface area (Å²) in [5, 5.41) is 24.8. The van der Waals surface area contributed by atoms with E-state index in [-0.39, 0.29) is 47.7 Å². The van der Waals surface area contributed by atoms with Gasteiger partial charge in [-0.05, 0) is 33.7 Å². The second-order valence-corrected chi connectivity index (χ2v) is 5.36. The summed E-state index contributed by atoms with van der Waals surface area (Å²) in [4.78, 5) is 0. The molecular formula is C20H14AlLiO2. The van der Waals surface area contributed by atoms with Gasteiger partial charge < -0.3 is 10.2 Å². The summed E-state index contributed by atoms with van der Waals surface area (Å²) in [7, 11) is 0. The van der Waals surface area contributed by atoms with Crippen LogP contribution < -0.4 is 0 Å². The zero-order chi connectivity index (χ0) is 15.1. The summed E-state index contributed by atoms with van der Waals surface area (Å²) in [6.45, 7) is 0. The second-order valence-electron chi connectivity index (χ2n) is 5.36. The third kappa shape index (κ3) is 2.93. The zero-order valence-corrected chi connectivity index (χ0v) is 14.6. The Morgan fingerprint density at radius 3 is 1.29 bits per heavy atom. The van der Waals surface area contributed by atoms with Gasteiger partial charge in [-0.15, -0.1) is 0 Å². The first kappa shape index (κ1) is 18.5. The van der Waals surface area contributed by atoms with Crippen LogP contribution in [0.25, 0.3) is 32.7 Å². The molecule has 0 amide bonds. The van der Waals surface area contributed by atoms with E-state index < -0.39 is 0 Å². The third-order valence-electron chi connectivity index (χ3n) is 4.06. The fourth-order valence-corrected chi connectivity index (χ4v) is 3.05. The first-order valence-electron chi connectivity index (χ1n) is 7.17. The van der Waals surface area contributed by atoms with Crippen molar-refractivity contribution in [1.82, 2.24) is 0 Å². The van der Waals surface area contributed by atoms with Gasteiger partial charge in [-0.3, -0.25) is 0 Å². The molecule has 4 aromatic rings. The zero-order valence-electron chi connectivity index (χ0n) is 13.4. The van der Waals surface area contributed by atoms with E-state index in [1.807, 2.05) is 60.7 Å². The monoisotopic (exact) mass is 320 g/mol. The van der Waals surface area contributed by atoms with Crippen LogP contribution in [0.3, 0.4) is 0 Å². The Bertz CT molecular complexity index is 931. The molecule has 4 radical (unpaired) electrons. The molecule has 110 valence electrons. The minimum atomic E-state index is 0. The maximum Gasteiger partial charge on any atom is 0.124 e. The van der Waals surface area contributed by atoms with Crippen molar-refractivity contribution in [2.75, 3.05) is 0 Å². The number of fused-ring (bicyclic) bond motifs is 2. The number of hydrogen-bond donors (Lipinski definition) is 2. The topological polar surface area (TPSA) is 40.5 Å². The summed E-state index contributed by atoms with van der Waals surface area (Å²) in [6.07, 6.45) is 0.